The van der Waals surface area contributed by atoms with Crippen LogP contribution in [-0.4, -0.2) is 27.4 Å². The molecular formula is C9H8N2O3. The molecule has 2 rings (SSSR count). The summed E-state index contributed by atoms with van der Waals surface area (Å²) in [5, 5.41) is 18.4. The van der Waals surface area contributed by atoms with Crippen molar-refractivity contribution in [2.24, 2.45) is 10.9 Å². The van der Waals surface area contributed by atoms with Crippen molar-refractivity contribution in [1.29, 1.82) is 0 Å². The Balaban J connectivity index is 2.44. The number of nitrogens with zero attached hydrogens (tertiary/aromatic N) is 2. The zero-order chi connectivity index (χ0) is 10.1. The van der Waals surface area contributed by atoms with Gasteiger partial charge in [-0.2, -0.15) is 0 Å². The van der Waals surface area contributed by atoms with Gasteiger partial charge in [0.25, 0.3) is 0 Å². The molecule has 1 aromatic rings. The molecule has 1 aliphatic heterocycles. The number of aliphatic hydroxyl groups is 1. The standard InChI is InChI=1S/C9H8N2O3/c12-8-5(9(13)14)4-11-6-2-1-3-10-7(6)8/h1-5,8,12H,(H,13,14)/t5-,8-/m1/s1. The zero-order valence-corrected chi connectivity index (χ0v) is 7.16. The minimum absolute atomic E-state index is 0.322. The SMILES string of the molecule is O=C(O)[C@@H]1C=Nc2cccnc2[C@@H]1O. The second kappa shape index (κ2) is 3.19. The summed E-state index contributed by atoms with van der Waals surface area (Å²) in [6.45, 7) is 0. The third kappa shape index (κ3) is 1.27. The van der Waals surface area contributed by atoms with Gasteiger partial charge in [-0.25, -0.2) is 0 Å². The van der Waals surface area contributed by atoms with E-state index < -0.39 is 18.0 Å². The van der Waals surface area contributed by atoms with Gasteiger partial charge in [0.15, 0.2) is 0 Å². The van der Waals surface area contributed by atoms with Crippen molar-refractivity contribution in [3.63, 3.8) is 0 Å². The summed E-state index contributed by atoms with van der Waals surface area (Å²) in [7, 11) is 0. The Morgan fingerprint density at radius 2 is 2.29 bits per heavy atom. The second-order valence-electron chi connectivity index (χ2n) is 2.99. The number of aliphatic imine (C=N–C) groups is 1. The molecule has 0 bridgehead atoms. The van der Waals surface area contributed by atoms with Gasteiger partial charge in [0.1, 0.15) is 12.0 Å². The highest BCUT2D eigenvalue weighted by molar-refractivity contribution is 5.92. The van der Waals surface area contributed by atoms with Crippen LogP contribution in [0.3, 0.4) is 0 Å². The van der Waals surface area contributed by atoms with E-state index in [1.807, 2.05) is 0 Å². The first-order chi connectivity index (χ1) is 6.70. The second-order valence-corrected chi connectivity index (χ2v) is 2.99. The van der Waals surface area contributed by atoms with E-state index >= 15 is 0 Å². The summed E-state index contributed by atoms with van der Waals surface area (Å²) in [5.41, 5.74) is 0.847. The quantitative estimate of drug-likeness (QED) is 0.679. The van der Waals surface area contributed by atoms with E-state index in [-0.39, 0.29) is 0 Å². The van der Waals surface area contributed by atoms with E-state index in [0.29, 0.717) is 11.4 Å². The lowest BCUT2D eigenvalue weighted by Crippen LogP contribution is -2.26. The minimum atomic E-state index is -1.11. The average molecular weight is 192 g/mol. The number of carboxylic acid groups (broad SMARTS) is 1. The summed E-state index contributed by atoms with van der Waals surface area (Å²) in [4.78, 5) is 18.5. The van der Waals surface area contributed by atoms with Crippen molar-refractivity contribution in [3.05, 3.63) is 24.0 Å². The molecule has 0 spiro atoms. The van der Waals surface area contributed by atoms with E-state index in [2.05, 4.69) is 9.98 Å². The van der Waals surface area contributed by atoms with E-state index in [4.69, 9.17) is 5.11 Å². The number of hydrogen-bond donors (Lipinski definition) is 2. The van der Waals surface area contributed by atoms with Crippen LogP contribution in [0.4, 0.5) is 5.69 Å². The molecule has 2 heterocycles. The number of aromatic nitrogens is 1. The van der Waals surface area contributed by atoms with Crippen LogP contribution in [0.1, 0.15) is 11.8 Å². The number of carboxylic acids is 1. The molecule has 0 radical (unpaired) electrons. The third-order valence-electron chi connectivity index (χ3n) is 2.10. The minimum Gasteiger partial charge on any atom is -0.481 e. The molecule has 2 N–H and O–H groups in total. The Labute approximate surface area is 79.8 Å². The fraction of sp³-hybridized carbons (Fsp3) is 0.222. The largest absolute Gasteiger partial charge is 0.481 e. The molecule has 0 fully saturated rings. The number of hydrogen-bond acceptors (Lipinski definition) is 4. The van der Waals surface area contributed by atoms with E-state index in [1.54, 1.807) is 12.1 Å². The predicted octanol–water partition coefficient (Wildman–Crippen LogP) is 0.532. The number of aliphatic hydroxyl groups excluding tert-OH is 1. The molecular weight excluding hydrogens is 184 g/mol. The lowest BCUT2D eigenvalue weighted by Gasteiger charge is -2.20. The van der Waals surface area contributed by atoms with E-state index in [1.165, 1.54) is 12.4 Å². The number of fused-ring (bicyclic) bond motifs is 1. The van der Waals surface area contributed by atoms with Gasteiger partial charge in [0.05, 0.1) is 11.4 Å². The summed E-state index contributed by atoms with van der Waals surface area (Å²) in [6.07, 6.45) is 1.62. The van der Waals surface area contributed by atoms with Crippen LogP contribution in [0.5, 0.6) is 0 Å². The molecule has 5 heteroatoms. The topological polar surface area (TPSA) is 82.8 Å². The lowest BCUT2D eigenvalue weighted by atomic mass is 9.97. The third-order valence-corrected chi connectivity index (χ3v) is 2.10. The summed E-state index contributed by atoms with van der Waals surface area (Å²) in [6, 6.07) is 3.37. The van der Waals surface area contributed by atoms with Gasteiger partial charge in [-0.1, -0.05) is 0 Å². The maximum absolute atomic E-state index is 10.7. The maximum atomic E-state index is 10.7. The van der Waals surface area contributed by atoms with Crippen molar-refractivity contribution < 1.29 is 15.0 Å². The highest BCUT2D eigenvalue weighted by Crippen LogP contribution is 2.31. The average Bonchev–Trinajstić information content (AvgIpc) is 2.18. The molecule has 14 heavy (non-hydrogen) atoms. The molecule has 5 nitrogen and oxygen atoms in total. The monoisotopic (exact) mass is 192 g/mol. The lowest BCUT2D eigenvalue weighted by molar-refractivity contribution is -0.142. The van der Waals surface area contributed by atoms with Crippen molar-refractivity contribution in [1.82, 2.24) is 4.98 Å². The Kier molecular flexibility index (Phi) is 2.01. The molecule has 0 aromatic carbocycles. The molecule has 0 amide bonds. The summed E-state index contributed by atoms with van der Waals surface area (Å²) < 4.78 is 0. The molecule has 0 aliphatic carbocycles. The van der Waals surface area contributed by atoms with Crippen LogP contribution >= 0.6 is 0 Å². The maximum Gasteiger partial charge on any atom is 0.315 e. The van der Waals surface area contributed by atoms with Crippen LogP contribution in [0.25, 0.3) is 0 Å². The predicted molar refractivity (Wildman–Crippen MR) is 48.5 cm³/mol. The zero-order valence-electron chi connectivity index (χ0n) is 7.16. The Bertz CT molecular complexity index is 403. The molecule has 0 unspecified atom stereocenters. The van der Waals surface area contributed by atoms with Gasteiger partial charge in [-0.3, -0.25) is 14.8 Å². The first-order valence-electron chi connectivity index (χ1n) is 4.10. The van der Waals surface area contributed by atoms with E-state index in [9.17, 15) is 9.90 Å². The molecule has 1 aromatic heterocycles. The van der Waals surface area contributed by atoms with Crippen molar-refractivity contribution in [3.8, 4) is 0 Å². The Morgan fingerprint density at radius 1 is 1.50 bits per heavy atom. The van der Waals surface area contributed by atoms with Gasteiger partial charge in [-0.15, -0.1) is 0 Å². The fourth-order valence-corrected chi connectivity index (χ4v) is 1.36. The van der Waals surface area contributed by atoms with Crippen LogP contribution in [0.15, 0.2) is 23.3 Å². The number of carbonyl (C=O) groups is 1. The van der Waals surface area contributed by atoms with Crippen LogP contribution in [-0.2, 0) is 4.79 Å². The van der Waals surface area contributed by atoms with Gasteiger partial charge in [0, 0.05) is 12.4 Å². The highest BCUT2D eigenvalue weighted by atomic mass is 16.4. The molecule has 0 saturated carbocycles. The number of aliphatic carboxylic acids is 1. The van der Waals surface area contributed by atoms with Gasteiger partial charge >= 0.3 is 5.97 Å². The summed E-state index contributed by atoms with van der Waals surface area (Å²) >= 11 is 0. The van der Waals surface area contributed by atoms with Gasteiger partial charge in [-0.05, 0) is 12.1 Å². The van der Waals surface area contributed by atoms with Crippen LogP contribution in [0, 0.1) is 5.92 Å². The first kappa shape index (κ1) is 8.83. The molecule has 2 atom stereocenters. The van der Waals surface area contributed by atoms with Crippen LogP contribution < -0.4 is 0 Å². The highest BCUT2D eigenvalue weighted by Gasteiger charge is 2.31. The van der Waals surface area contributed by atoms with Crippen molar-refractivity contribution in [2.45, 2.75) is 6.10 Å². The van der Waals surface area contributed by atoms with Gasteiger partial charge in [0.2, 0.25) is 0 Å². The number of pyridine rings is 1. The molecule has 0 saturated heterocycles. The van der Waals surface area contributed by atoms with Crippen molar-refractivity contribution in [2.75, 3.05) is 0 Å². The molecule has 72 valence electrons. The Morgan fingerprint density at radius 3 is 3.00 bits per heavy atom. The smallest absolute Gasteiger partial charge is 0.315 e. The fourth-order valence-electron chi connectivity index (χ4n) is 1.36. The normalized spacial score (nSPS) is 24.4. The molecule has 1 aliphatic rings. The summed E-state index contributed by atoms with van der Waals surface area (Å²) in [5.74, 6) is -2.10. The van der Waals surface area contributed by atoms with E-state index in [0.717, 1.165) is 0 Å². The van der Waals surface area contributed by atoms with Gasteiger partial charge < -0.3 is 10.2 Å². The first-order valence-corrected chi connectivity index (χ1v) is 4.10. The van der Waals surface area contributed by atoms with Crippen LogP contribution in [0.2, 0.25) is 0 Å². The number of rotatable bonds is 1. The Hall–Kier alpha value is -1.75. The van der Waals surface area contributed by atoms with Crippen molar-refractivity contribution >= 4 is 17.9 Å².